The third-order valence-electron chi connectivity index (χ3n) is 3.97. The maximum Gasteiger partial charge on any atom is 0.179 e. The molecule has 1 aromatic rings. The largest absolute Gasteiger partial charge is 0.390 e. The Hall–Kier alpha value is -0.950. The van der Waals surface area contributed by atoms with Gasteiger partial charge in [0, 0.05) is 12.6 Å². The Morgan fingerprint density at radius 1 is 1.00 bits per heavy atom. The molecule has 1 unspecified atom stereocenters. The van der Waals surface area contributed by atoms with Crippen LogP contribution in [0.5, 0.6) is 0 Å². The zero-order valence-corrected chi connectivity index (χ0v) is 12.8. The number of aliphatic hydroxyl groups excluding tert-OH is 2. The number of sulfone groups is 1. The molecule has 0 aliphatic heterocycles. The summed E-state index contributed by atoms with van der Waals surface area (Å²) in [7, 11) is -3.25. The Morgan fingerprint density at radius 2 is 1.57 bits per heavy atom. The zero-order chi connectivity index (χ0) is 15.3. The van der Waals surface area contributed by atoms with Gasteiger partial charge in [0.2, 0.25) is 0 Å². The minimum atomic E-state index is -3.25. The molecular formula is C15H23NO4S. The molecule has 1 aromatic carbocycles. The van der Waals surface area contributed by atoms with Crippen LogP contribution in [0.1, 0.15) is 25.7 Å². The van der Waals surface area contributed by atoms with E-state index >= 15 is 0 Å². The lowest BCUT2D eigenvalue weighted by Gasteiger charge is -2.16. The van der Waals surface area contributed by atoms with Gasteiger partial charge in [-0.15, -0.1) is 0 Å². The van der Waals surface area contributed by atoms with Crippen LogP contribution in [0.2, 0.25) is 0 Å². The van der Waals surface area contributed by atoms with Gasteiger partial charge in [-0.05, 0) is 37.8 Å². The summed E-state index contributed by atoms with van der Waals surface area (Å²) >= 11 is 0. The van der Waals surface area contributed by atoms with E-state index in [0.29, 0.717) is 24.3 Å². The van der Waals surface area contributed by atoms with Crippen LogP contribution in [0, 0.1) is 0 Å². The van der Waals surface area contributed by atoms with E-state index in [-0.39, 0.29) is 11.8 Å². The minimum Gasteiger partial charge on any atom is -0.390 e. The highest BCUT2D eigenvalue weighted by molar-refractivity contribution is 7.91. The molecule has 1 aliphatic rings. The maximum absolute atomic E-state index is 12.1. The van der Waals surface area contributed by atoms with Crippen LogP contribution in [-0.2, 0) is 9.84 Å². The van der Waals surface area contributed by atoms with E-state index in [4.69, 9.17) is 0 Å². The fourth-order valence-corrected chi connectivity index (χ4v) is 3.81. The van der Waals surface area contributed by atoms with E-state index < -0.39 is 22.0 Å². The third kappa shape index (κ3) is 4.78. The Bertz CT molecular complexity index is 520. The van der Waals surface area contributed by atoms with Crippen molar-refractivity contribution >= 4 is 9.84 Å². The predicted octanol–water partition coefficient (Wildman–Crippen LogP) is 0.714. The first kappa shape index (κ1) is 16.4. The average molecular weight is 313 g/mol. The van der Waals surface area contributed by atoms with Crippen molar-refractivity contribution in [2.24, 2.45) is 0 Å². The summed E-state index contributed by atoms with van der Waals surface area (Å²) in [6, 6.07) is 8.59. The van der Waals surface area contributed by atoms with E-state index in [9.17, 15) is 18.6 Å². The van der Waals surface area contributed by atoms with Crippen molar-refractivity contribution < 1.29 is 18.6 Å². The molecule has 0 radical (unpaired) electrons. The van der Waals surface area contributed by atoms with Gasteiger partial charge in [-0.3, -0.25) is 0 Å². The molecule has 0 bridgehead atoms. The monoisotopic (exact) mass is 313 g/mol. The van der Waals surface area contributed by atoms with Gasteiger partial charge in [0.25, 0.3) is 0 Å². The predicted molar refractivity (Wildman–Crippen MR) is 80.8 cm³/mol. The van der Waals surface area contributed by atoms with Gasteiger partial charge in [0.15, 0.2) is 9.84 Å². The van der Waals surface area contributed by atoms with Gasteiger partial charge < -0.3 is 15.5 Å². The lowest BCUT2D eigenvalue weighted by Crippen LogP contribution is -2.33. The maximum atomic E-state index is 12.1. The molecule has 118 valence electrons. The number of aliphatic hydroxyl groups is 2. The Balaban J connectivity index is 1.82. The number of hydrogen-bond acceptors (Lipinski definition) is 5. The first-order valence-corrected chi connectivity index (χ1v) is 9.01. The summed E-state index contributed by atoms with van der Waals surface area (Å²) in [5, 5.41) is 22.4. The Morgan fingerprint density at radius 3 is 2.14 bits per heavy atom. The second kappa shape index (κ2) is 7.35. The van der Waals surface area contributed by atoms with Crippen molar-refractivity contribution in [3.63, 3.8) is 0 Å². The van der Waals surface area contributed by atoms with Crippen molar-refractivity contribution in [1.29, 1.82) is 0 Å². The van der Waals surface area contributed by atoms with Crippen molar-refractivity contribution in [1.82, 2.24) is 5.32 Å². The molecule has 1 saturated carbocycles. The second-order valence-electron chi connectivity index (χ2n) is 5.57. The van der Waals surface area contributed by atoms with E-state index in [2.05, 4.69) is 5.32 Å². The van der Waals surface area contributed by atoms with Crippen LogP contribution in [0.25, 0.3) is 0 Å². The normalized spacial score (nSPS) is 27.2. The molecule has 0 amide bonds. The highest BCUT2D eigenvalue weighted by atomic mass is 32.2. The van der Waals surface area contributed by atoms with Crippen LogP contribution < -0.4 is 5.32 Å². The van der Waals surface area contributed by atoms with Crippen LogP contribution >= 0.6 is 0 Å². The molecule has 6 heteroatoms. The molecule has 0 heterocycles. The van der Waals surface area contributed by atoms with Gasteiger partial charge in [-0.2, -0.15) is 0 Å². The van der Waals surface area contributed by atoms with Gasteiger partial charge in [-0.1, -0.05) is 18.2 Å². The SMILES string of the molecule is O=S(=O)(CCNC1CC[C@@H](O)[C@@H](O)CC1)c1ccccc1. The van der Waals surface area contributed by atoms with E-state index in [1.165, 1.54) is 0 Å². The van der Waals surface area contributed by atoms with Crippen LogP contribution in [0.3, 0.4) is 0 Å². The topological polar surface area (TPSA) is 86.6 Å². The molecule has 0 aromatic heterocycles. The summed E-state index contributed by atoms with van der Waals surface area (Å²) < 4.78 is 24.3. The lowest BCUT2D eigenvalue weighted by molar-refractivity contribution is 0.0157. The number of nitrogens with one attached hydrogen (secondary N) is 1. The summed E-state index contributed by atoms with van der Waals surface area (Å²) in [4.78, 5) is 0.346. The van der Waals surface area contributed by atoms with E-state index in [0.717, 1.165) is 12.8 Å². The molecule has 0 spiro atoms. The molecule has 3 N–H and O–H groups in total. The van der Waals surface area contributed by atoms with Crippen molar-refractivity contribution in [2.45, 2.75) is 48.8 Å². The lowest BCUT2D eigenvalue weighted by atomic mass is 10.1. The standard InChI is InChI=1S/C15H23NO4S/c17-14-8-6-12(7-9-15(14)18)16-10-11-21(19,20)13-4-2-1-3-5-13/h1-5,12,14-18H,6-11H2/t12?,14-,15+. The third-order valence-corrected chi connectivity index (χ3v) is 5.70. The van der Waals surface area contributed by atoms with E-state index in [1.54, 1.807) is 30.3 Å². The zero-order valence-electron chi connectivity index (χ0n) is 12.0. The molecule has 3 atom stereocenters. The van der Waals surface area contributed by atoms with Gasteiger partial charge in [-0.25, -0.2) is 8.42 Å². The molecule has 1 aliphatic carbocycles. The smallest absolute Gasteiger partial charge is 0.179 e. The quantitative estimate of drug-likeness (QED) is 0.697. The summed E-state index contributed by atoms with van der Waals surface area (Å²) in [6.07, 6.45) is 1.27. The molecule has 21 heavy (non-hydrogen) atoms. The van der Waals surface area contributed by atoms with Crippen molar-refractivity contribution in [3.05, 3.63) is 30.3 Å². The van der Waals surface area contributed by atoms with Gasteiger partial charge >= 0.3 is 0 Å². The van der Waals surface area contributed by atoms with Crippen LogP contribution in [-0.4, -0.2) is 49.2 Å². The fourth-order valence-electron chi connectivity index (χ4n) is 2.62. The first-order valence-electron chi connectivity index (χ1n) is 7.36. The van der Waals surface area contributed by atoms with Crippen molar-refractivity contribution in [3.8, 4) is 0 Å². The van der Waals surface area contributed by atoms with Crippen LogP contribution in [0.4, 0.5) is 0 Å². The number of benzene rings is 1. The molecule has 5 nitrogen and oxygen atoms in total. The highest BCUT2D eigenvalue weighted by Crippen LogP contribution is 2.18. The number of rotatable bonds is 5. The molecule has 1 fully saturated rings. The Kier molecular flexibility index (Phi) is 5.75. The first-order chi connectivity index (χ1) is 9.99. The van der Waals surface area contributed by atoms with Crippen LogP contribution in [0.15, 0.2) is 35.2 Å². The summed E-state index contributed by atoms with van der Waals surface area (Å²) in [5.41, 5.74) is 0. The molecular weight excluding hydrogens is 290 g/mol. The molecule has 2 rings (SSSR count). The highest BCUT2D eigenvalue weighted by Gasteiger charge is 2.24. The average Bonchev–Trinajstić information content (AvgIpc) is 2.64. The fraction of sp³-hybridized carbons (Fsp3) is 0.600. The number of hydrogen-bond donors (Lipinski definition) is 3. The summed E-state index contributed by atoms with van der Waals surface area (Å²) in [5.74, 6) is 0.0542. The van der Waals surface area contributed by atoms with Gasteiger partial charge in [0.1, 0.15) is 0 Å². The minimum absolute atomic E-state index is 0.0542. The van der Waals surface area contributed by atoms with Gasteiger partial charge in [0.05, 0.1) is 22.9 Å². The summed E-state index contributed by atoms with van der Waals surface area (Å²) in [6.45, 7) is 0.383. The molecule has 0 saturated heterocycles. The Labute approximate surface area is 125 Å². The second-order valence-corrected chi connectivity index (χ2v) is 7.68. The van der Waals surface area contributed by atoms with E-state index in [1.807, 2.05) is 0 Å². The van der Waals surface area contributed by atoms with Crippen molar-refractivity contribution in [2.75, 3.05) is 12.3 Å².